The second-order valence-electron chi connectivity index (χ2n) is 5.41. The summed E-state index contributed by atoms with van der Waals surface area (Å²) in [6.45, 7) is -0.901. The number of carboxylic acid groups (broad SMARTS) is 1. The zero-order valence-electron chi connectivity index (χ0n) is 10.8. The number of carboxylic acids is 1. The van der Waals surface area contributed by atoms with Gasteiger partial charge in [-0.1, -0.05) is 0 Å². The molecule has 1 unspecified atom stereocenters. The highest BCUT2D eigenvalue weighted by molar-refractivity contribution is 5.82. The van der Waals surface area contributed by atoms with E-state index in [4.69, 9.17) is 9.84 Å². The van der Waals surface area contributed by atoms with Crippen molar-refractivity contribution in [2.75, 3.05) is 26.3 Å². The summed E-state index contributed by atoms with van der Waals surface area (Å²) in [5.41, 5.74) is -2.85. The van der Waals surface area contributed by atoms with E-state index in [1.165, 1.54) is 0 Å². The van der Waals surface area contributed by atoms with Gasteiger partial charge >= 0.3 is 12.1 Å². The molecule has 114 valence electrons. The summed E-state index contributed by atoms with van der Waals surface area (Å²) in [5, 5.41) is 8.87. The van der Waals surface area contributed by atoms with Gasteiger partial charge in [0.2, 0.25) is 5.91 Å². The second-order valence-corrected chi connectivity index (χ2v) is 5.41. The Labute approximate surface area is 113 Å². The Morgan fingerprint density at radius 2 is 2.00 bits per heavy atom. The molecule has 1 N–H and O–H groups in total. The highest BCUT2D eigenvalue weighted by Crippen LogP contribution is 2.45. The van der Waals surface area contributed by atoms with Crippen LogP contribution in [0.5, 0.6) is 0 Å². The number of carbonyl (C=O) groups excluding carboxylic acids is 1. The van der Waals surface area contributed by atoms with Gasteiger partial charge < -0.3 is 14.7 Å². The molecule has 0 bridgehead atoms. The predicted molar refractivity (Wildman–Crippen MR) is 60.9 cm³/mol. The Morgan fingerprint density at radius 3 is 2.45 bits per heavy atom. The van der Waals surface area contributed by atoms with E-state index in [0.29, 0.717) is 12.5 Å². The Hall–Kier alpha value is -1.31. The number of hydrogen-bond donors (Lipinski definition) is 1. The Bertz CT molecular complexity index is 408. The third-order valence-electron chi connectivity index (χ3n) is 3.85. The molecule has 2 aliphatic rings. The highest BCUT2D eigenvalue weighted by Gasteiger charge is 2.64. The van der Waals surface area contributed by atoms with Crippen molar-refractivity contribution in [3.8, 4) is 0 Å². The molecule has 1 saturated heterocycles. The first-order valence-electron chi connectivity index (χ1n) is 6.42. The molecule has 1 heterocycles. The lowest BCUT2D eigenvalue weighted by atomic mass is 9.86. The monoisotopic (exact) mass is 295 g/mol. The van der Waals surface area contributed by atoms with Gasteiger partial charge in [0.1, 0.15) is 6.61 Å². The van der Waals surface area contributed by atoms with Crippen LogP contribution in [0.1, 0.15) is 19.3 Å². The molecule has 20 heavy (non-hydrogen) atoms. The summed E-state index contributed by atoms with van der Waals surface area (Å²) in [6.07, 6.45) is -3.38. The van der Waals surface area contributed by atoms with Gasteiger partial charge in [-0.15, -0.1) is 0 Å². The Morgan fingerprint density at radius 1 is 1.35 bits per heavy atom. The first kappa shape index (κ1) is 15.1. The van der Waals surface area contributed by atoms with Crippen LogP contribution in [0, 0.1) is 11.3 Å². The molecule has 5 nitrogen and oxygen atoms in total. The van der Waals surface area contributed by atoms with Crippen LogP contribution in [0.4, 0.5) is 13.2 Å². The lowest BCUT2D eigenvalue weighted by Gasteiger charge is -2.27. The van der Waals surface area contributed by atoms with Crippen LogP contribution in [-0.2, 0) is 14.3 Å². The van der Waals surface area contributed by atoms with Gasteiger partial charge in [0.25, 0.3) is 0 Å². The lowest BCUT2D eigenvalue weighted by Crippen LogP contribution is -2.48. The number of amides is 1. The molecule has 1 aliphatic carbocycles. The van der Waals surface area contributed by atoms with Crippen LogP contribution in [0.2, 0.25) is 0 Å². The van der Waals surface area contributed by atoms with Gasteiger partial charge in [0.15, 0.2) is 5.41 Å². The van der Waals surface area contributed by atoms with E-state index in [-0.39, 0.29) is 13.2 Å². The van der Waals surface area contributed by atoms with Gasteiger partial charge in [-0.2, -0.15) is 13.2 Å². The Kier molecular flexibility index (Phi) is 3.95. The number of likely N-dealkylation sites (tertiary alicyclic amines) is 1. The van der Waals surface area contributed by atoms with Crippen molar-refractivity contribution in [3.63, 3.8) is 0 Å². The van der Waals surface area contributed by atoms with Gasteiger partial charge in [-0.05, 0) is 25.2 Å². The number of halogens is 3. The van der Waals surface area contributed by atoms with E-state index in [1.807, 2.05) is 0 Å². The smallest absolute Gasteiger partial charge is 0.406 e. The van der Waals surface area contributed by atoms with Crippen LogP contribution in [0.15, 0.2) is 0 Å². The number of rotatable bonds is 5. The zero-order chi connectivity index (χ0) is 15.0. The summed E-state index contributed by atoms with van der Waals surface area (Å²) < 4.78 is 43.9. The molecular weight excluding hydrogens is 279 g/mol. The average Bonchev–Trinajstić information content (AvgIpc) is 3.03. The van der Waals surface area contributed by atoms with Gasteiger partial charge in [0.05, 0.1) is 6.61 Å². The molecule has 0 radical (unpaired) electrons. The number of alkyl halides is 3. The topological polar surface area (TPSA) is 66.8 Å². The largest absolute Gasteiger partial charge is 0.481 e. The second kappa shape index (κ2) is 5.23. The number of carbonyl (C=O) groups is 2. The van der Waals surface area contributed by atoms with Crippen molar-refractivity contribution in [3.05, 3.63) is 0 Å². The third-order valence-corrected chi connectivity index (χ3v) is 3.85. The van der Waals surface area contributed by atoms with Crippen molar-refractivity contribution in [1.82, 2.24) is 4.90 Å². The fraction of sp³-hybridized carbons (Fsp3) is 0.833. The van der Waals surface area contributed by atoms with Crippen LogP contribution in [0.3, 0.4) is 0 Å². The normalized spacial score (nSPS) is 26.9. The number of aliphatic carboxylic acids is 1. The van der Waals surface area contributed by atoms with Crippen molar-refractivity contribution >= 4 is 11.9 Å². The maximum Gasteiger partial charge on any atom is 0.406 e. The number of hydrogen-bond acceptors (Lipinski definition) is 3. The third kappa shape index (κ3) is 2.89. The number of ether oxygens (including phenoxy) is 1. The molecule has 0 aromatic heterocycles. The molecular formula is C12H16F3NO4. The summed E-state index contributed by atoms with van der Waals surface area (Å²) in [4.78, 5) is 23.6. The summed E-state index contributed by atoms with van der Waals surface area (Å²) >= 11 is 0. The van der Waals surface area contributed by atoms with Gasteiger partial charge in [0, 0.05) is 13.1 Å². The minimum Gasteiger partial charge on any atom is -0.481 e. The Balaban J connectivity index is 1.91. The molecule has 1 amide bonds. The van der Waals surface area contributed by atoms with Crippen molar-refractivity contribution in [2.45, 2.75) is 25.4 Å². The molecule has 1 saturated carbocycles. The predicted octanol–water partition coefficient (Wildman–Crippen LogP) is 1.28. The SMILES string of the molecule is O=C(COCC1CC1)N1CCC(C(=O)O)(C(F)(F)F)C1. The highest BCUT2D eigenvalue weighted by atomic mass is 19.4. The van der Waals surface area contributed by atoms with E-state index in [0.717, 1.165) is 17.7 Å². The van der Waals surface area contributed by atoms with Crippen molar-refractivity contribution in [1.29, 1.82) is 0 Å². The first-order valence-corrected chi connectivity index (χ1v) is 6.42. The summed E-state index contributed by atoms with van der Waals surface area (Å²) in [7, 11) is 0. The first-order chi connectivity index (χ1) is 9.26. The molecule has 0 aromatic rings. The maximum atomic E-state index is 12.9. The van der Waals surface area contributed by atoms with E-state index < -0.39 is 36.4 Å². The minimum absolute atomic E-state index is 0.211. The molecule has 8 heteroatoms. The molecule has 0 spiro atoms. The van der Waals surface area contributed by atoms with E-state index in [1.54, 1.807) is 0 Å². The molecule has 1 aliphatic heterocycles. The van der Waals surface area contributed by atoms with E-state index in [9.17, 15) is 22.8 Å². The van der Waals surface area contributed by atoms with Crippen LogP contribution < -0.4 is 0 Å². The average molecular weight is 295 g/mol. The maximum absolute atomic E-state index is 12.9. The van der Waals surface area contributed by atoms with E-state index in [2.05, 4.69) is 0 Å². The zero-order valence-corrected chi connectivity index (χ0v) is 10.8. The number of nitrogens with zero attached hydrogens (tertiary/aromatic N) is 1. The fourth-order valence-electron chi connectivity index (χ4n) is 2.24. The van der Waals surface area contributed by atoms with Crippen LogP contribution in [0.25, 0.3) is 0 Å². The molecule has 2 rings (SSSR count). The summed E-state index contributed by atoms with van der Waals surface area (Å²) in [6, 6.07) is 0. The van der Waals surface area contributed by atoms with Crippen LogP contribution in [-0.4, -0.2) is 54.4 Å². The lowest BCUT2D eigenvalue weighted by molar-refractivity contribution is -0.227. The molecule has 1 atom stereocenters. The fourth-order valence-corrected chi connectivity index (χ4v) is 2.24. The molecule has 2 fully saturated rings. The van der Waals surface area contributed by atoms with Crippen molar-refractivity contribution < 1.29 is 32.6 Å². The molecule has 0 aromatic carbocycles. The minimum atomic E-state index is -4.87. The standard InChI is InChI=1S/C12H16F3NO4/c13-12(14,15)11(10(18)19)3-4-16(7-11)9(17)6-20-5-8-1-2-8/h8H,1-7H2,(H,18,19). The summed E-state index contributed by atoms with van der Waals surface area (Å²) in [5.74, 6) is -2.06. The van der Waals surface area contributed by atoms with Crippen molar-refractivity contribution in [2.24, 2.45) is 11.3 Å². The van der Waals surface area contributed by atoms with Gasteiger partial charge in [-0.3, -0.25) is 9.59 Å². The van der Waals surface area contributed by atoms with E-state index >= 15 is 0 Å². The van der Waals surface area contributed by atoms with Crippen LogP contribution >= 0.6 is 0 Å². The quantitative estimate of drug-likeness (QED) is 0.829. The van der Waals surface area contributed by atoms with Gasteiger partial charge in [-0.25, -0.2) is 0 Å².